The van der Waals surface area contributed by atoms with Crippen molar-refractivity contribution in [2.45, 2.75) is 24.3 Å². The SMILES string of the molecule is CN=C(NCCCS(=O)(=O)c1ccccc1)NCC(C)Oc1cccc(F)c1.I. The first kappa shape index (κ1) is 25.2. The highest BCUT2D eigenvalue weighted by molar-refractivity contribution is 14.0. The number of benzene rings is 2. The lowest BCUT2D eigenvalue weighted by Gasteiger charge is -2.17. The minimum atomic E-state index is -3.28. The van der Waals surface area contributed by atoms with Crippen molar-refractivity contribution in [2.24, 2.45) is 4.99 Å². The first-order chi connectivity index (χ1) is 13.4. The van der Waals surface area contributed by atoms with Crippen molar-refractivity contribution in [2.75, 3.05) is 25.9 Å². The number of nitrogens with one attached hydrogen (secondary N) is 2. The summed E-state index contributed by atoms with van der Waals surface area (Å²) in [6.07, 6.45) is 0.242. The fourth-order valence-corrected chi connectivity index (χ4v) is 3.82. The Hall–Kier alpha value is -1.88. The second-order valence-corrected chi connectivity index (χ2v) is 8.36. The van der Waals surface area contributed by atoms with E-state index >= 15 is 0 Å². The largest absolute Gasteiger partial charge is 0.489 e. The zero-order valence-corrected chi connectivity index (χ0v) is 19.6. The van der Waals surface area contributed by atoms with E-state index in [9.17, 15) is 12.8 Å². The van der Waals surface area contributed by atoms with Crippen LogP contribution < -0.4 is 15.4 Å². The summed E-state index contributed by atoms with van der Waals surface area (Å²) in [5.41, 5.74) is 0. The van der Waals surface area contributed by atoms with E-state index in [-0.39, 0.29) is 41.7 Å². The Balaban J connectivity index is 0.00000420. The predicted molar refractivity (Wildman–Crippen MR) is 124 cm³/mol. The van der Waals surface area contributed by atoms with Gasteiger partial charge in [-0.1, -0.05) is 24.3 Å². The molecule has 2 aromatic rings. The van der Waals surface area contributed by atoms with E-state index < -0.39 is 9.84 Å². The van der Waals surface area contributed by atoms with E-state index in [0.717, 1.165) is 0 Å². The number of halogens is 2. The standard InChI is InChI=1S/C20H26FN3O3S.HI/c1-16(27-18-9-6-8-17(21)14-18)15-24-20(22-2)23-12-7-13-28(25,26)19-10-4-3-5-11-19;/h3-6,8-11,14,16H,7,12-13,15H2,1-2H3,(H2,22,23,24);1H. The summed E-state index contributed by atoms with van der Waals surface area (Å²) in [7, 11) is -1.65. The summed E-state index contributed by atoms with van der Waals surface area (Å²) < 4.78 is 43.3. The molecule has 0 amide bonds. The van der Waals surface area contributed by atoms with Gasteiger partial charge in [-0.25, -0.2) is 12.8 Å². The summed E-state index contributed by atoms with van der Waals surface area (Å²) in [6.45, 7) is 2.78. The molecule has 1 unspecified atom stereocenters. The normalized spacial score (nSPS) is 12.6. The van der Waals surface area contributed by atoms with Crippen molar-refractivity contribution in [3.05, 3.63) is 60.4 Å². The molecule has 0 spiro atoms. The maximum absolute atomic E-state index is 13.2. The van der Waals surface area contributed by atoms with Gasteiger partial charge >= 0.3 is 0 Å². The lowest BCUT2D eigenvalue weighted by atomic mass is 10.3. The predicted octanol–water partition coefficient (Wildman–Crippen LogP) is 3.24. The molecule has 0 aliphatic heterocycles. The van der Waals surface area contributed by atoms with Gasteiger partial charge in [-0.3, -0.25) is 4.99 Å². The van der Waals surface area contributed by atoms with E-state index in [1.807, 2.05) is 6.92 Å². The molecule has 0 radical (unpaired) electrons. The topological polar surface area (TPSA) is 79.8 Å². The number of guanidine groups is 1. The van der Waals surface area contributed by atoms with Crippen molar-refractivity contribution < 1.29 is 17.5 Å². The Morgan fingerprint density at radius 2 is 1.86 bits per heavy atom. The molecule has 160 valence electrons. The Labute approximate surface area is 188 Å². The summed E-state index contributed by atoms with van der Waals surface area (Å²) in [4.78, 5) is 4.44. The van der Waals surface area contributed by atoms with Crippen LogP contribution in [0.5, 0.6) is 5.75 Å². The second kappa shape index (κ2) is 12.6. The van der Waals surface area contributed by atoms with Gasteiger partial charge in [0.25, 0.3) is 0 Å². The second-order valence-electron chi connectivity index (χ2n) is 6.25. The quantitative estimate of drug-likeness (QED) is 0.223. The molecule has 29 heavy (non-hydrogen) atoms. The molecule has 9 heteroatoms. The van der Waals surface area contributed by atoms with E-state index in [0.29, 0.717) is 36.1 Å². The molecule has 2 aromatic carbocycles. The van der Waals surface area contributed by atoms with Gasteiger partial charge in [-0.15, -0.1) is 24.0 Å². The van der Waals surface area contributed by atoms with Gasteiger partial charge in [0.2, 0.25) is 0 Å². The maximum Gasteiger partial charge on any atom is 0.191 e. The summed E-state index contributed by atoms with van der Waals surface area (Å²) >= 11 is 0. The van der Waals surface area contributed by atoms with Gasteiger partial charge < -0.3 is 15.4 Å². The lowest BCUT2D eigenvalue weighted by Crippen LogP contribution is -2.42. The molecule has 1 atom stereocenters. The lowest BCUT2D eigenvalue weighted by molar-refractivity contribution is 0.223. The zero-order chi connectivity index (χ0) is 20.4. The van der Waals surface area contributed by atoms with Crippen molar-refractivity contribution in [3.8, 4) is 5.75 Å². The molecule has 0 aliphatic carbocycles. The first-order valence-electron chi connectivity index (χ1n) is 9.05. The Morgan fingerprint density at radius 1 is 1.14 bits per heavy atom. The van der Waals surface area contributed by atoms with Crippen LogP contribution in [0.3, 0.4) is 0 Å². The highest BCUT2D eigenvalue weighted by atomic mass is 127. The number of rotatable bonds is 9. The number of ether oxygens (including phenoxy) is 1. The molecule has 0 saturated heterocycles. The number of sulfone groups is 1. The molecule has 0 bridgehead atoms. The Bertz CT molecular complexity index is 880. The van der Waals surface area contributed by atoms with Gasteiger partial charge in [-0.05, 0) is 37.6 Å². The zero-order valence-electron chi connectivity index (χ0n) is 16.5. The fourth-order valence-electron chi connectivity index (χ4n) is 2.49. The third-order valence-electron chi connectivity index (χ3n) is 3.90. The summed E-state index contributed by atoms with van der Waals surface area (Å²) in [6, 6.07) is 14.4. The molecule has 2 rings (SSSR count). The highest BCUT2D eigenvalue weighted by Gasteiger charge is 2.13. The van der Waals surface area contributed by atoms with Crippen molar-refractivity contribution in [1.82, 2.24) is 10.6 Å². The van der Waals surface area contributed by atoms with E-state index in [1.54, 1.807) is 49.5 Å². The molecular formula is C20H27FIN3O3S. The molecule has 2 N–H and O–H groups in total. The molecule has 0 saturated carbocycles. The van der Waals surface area contributed by atoms with E-state index in [1.165, 1.54) is 12.1 Å². The van der Waals surface area contributed by atoms with E-state index in [2.05, 4.69) is 15.6 Å². The molecular weight excluding hydrogens is 508 g/mol. The van der Waals surface area contributed by atoms with Crippen LogP contribution >= 0.6 is 24.0 Å². The average Bonchev–Trinajstić information content (AvgIpc) is 2.68. The van der Waals surface area contributed by atoms with Crippen molar-refractivity contribution in [1.29, 1.82) is 0 Å². The van der Waals surface area contributed by atoms with Gasteiger partial charge in [0.15, 0.2) is 15.8 Å². The van der Waals surface area contributed by atoms with Crippen LogP contribution in [0.15, 0.2) is 64.5 Å². The molecule has 0 heterocycles. The molecule has 0 aromatic heterocycles. The van der Waals surface area contributed by atoms with Gasteiger partial charge in [-0.2, -0.15) is 0 Å². The molecule has 0 aliphatic rings. The number of aliphatic imine (C=N–C) groups is 1. The number of hydrogen-bond donors (Lipinski definition) is 2. The fraction of sp³-hybridized carbons (Fsp3) is 0.350. The van der Waals surface area contributed by atoms with Crippen LogP contribution in [-0.2, 0) is 9.84 Å². The van der Waals surface area contributed by atoms with E-state index in [4.69, 9.17) is 4.74 Å². The third-order valence-corrected chi connectivity index (χ3v) is 5.72. The van der Waals surface area contributed by atoms with Crippen LogP contribution in [0.4, 0.5) is 4.39 Å². The number of hydrogen-bond acceptors (Lipinski definition) is 4. The minimum Gasteiger partial charge on any atom is -0.489 e. The Kier molecular flexibility index (Phi) is 11.0. The van der Waals surface area contributed by atoms with Crippen LogP contribution in [0.25, 0.3) is 0 Å². The van der Waals surface area contributed by atoms with Gasteiger partial charge in [0.05, 0.1) is 17.2 Å². The summed E-state index contributed by atoms with van der Waals surface area (Å²) in [5, 5.41) is 6.18. The average molecular weight is 535 g/mol. The van der Waals surface area contributed by atoms with Crippen LogP contribution in [0.2, 0.25) is 0 Å². The van der Waals surface area contributed by atoms with Crippen LogP contribution in [0, 0.1) is 5.82 Å². The summed E-state index contributed by atoms with van der Waals surface area (Å²) in [5.74, 6) is 0.718. The van der Waals surface area contributed by atoms with Crippen LogP contribution in [-0.4, -0.2) is 46.4 Å². The monoisotopic (exact) mass is 535 g/mol. The van der Waals surface area contributed by atoms with Gasteiger partial charge in [0.1, 0.15) is 17.7 Å². The first-order valence-corrected chi connectivity index (χ1v) is 10.7. The van der Waals surface area contributed by atoms with Gasteiger partial charge in [0, 0.05) is 19.7 Å². The smallest absolute Gasteiger partial charge is 0.191 e. The number of nitrogens with zero attached hydrogens (tertiary/aromatic N) is 1. The molecule has 0 fully saturated rings. The van der Waals surface area contributed by atoms with Crippen molar-refractivity contribution in [3.63, 3.8) is 0 Å². The maximum atomic E-state index is 13.2. The van der Waals surface area contributed by atoms with Crippen LogP contribution in [0.1, 0.15) is 13.3 Å². The minimum absolute atomic E-state index is 0. The molecule has 6 nitrogen and oxygen atoms in total. The highest BCUT2D eigenvalue weighted by Crippen LogP contribution is 2.13. The Morgan fingerprint density at radius 3 is 2.52 bits per heavy atom. The van der Waals surface area contributed by atoms with Crippen molar-refractivity contribution >= 4 is 39.8 Å². The third kappa shape index (κ3) is 8.99.